The lowest BCUT2D eigenvalue weighted by molar-refractivity contribution is -0.150. The maximum atomic E-state index is 12.8. The second kappa shape index (κ2) is 11.3. The van der Waals surface area contributed by atoms with E-state index >= 15 is 0 Å². The molecule has 2 amide bonds. The number of nitrogen functional groups attached to an aromatic ring is 1. The third-order valence-corrected chi connectivity index (χ3v) is 8.98. The molecule has 0 unspecified atom stereocenters. The minimum Gasteiger partial charge on any atom is -0.480 e. The van der Waals surface area contributed by atoms with Crippen LogP contribution in [-0.4, -0.2) is 91.4 Å². The number of nitrogens with zero attached hydrogens (tertiary/aromatic N) is 3. The van der Waals surface area contributed by atoms with Gasteiger partial charge in [-0.1, -0.05) is 26.7 Å². The Morgan fingerprint density at radius 3 is 2.74 bits per heavy atom. The van der Waals surface area contributed by atoms with Gasteiger partial charge in [0.1, 0.15) is 36.0 Å². The number of anilines is 1. The van der Waals surface area contributed by atoms with E-state index in [1.165, 1.54) is 45.8 Å². The highest BCUT2D eigenvalue weighted by Gasteiger charge is 2.54. The second-order valence-corrected chi connectivity index (χ2v) is 11.3. The zero-order valence-corrected chi connectivity index (χ0v) is 20.8. The van der Waals surface area contributed by atoms with Crippen molar-refractivity contribution in [1.82, 2.24) is 15.2 Å². The van der Waals surface area contributed by atoms with Crippen LogP contribution in [0.1, 0.15) is 5.69 Å². The van der Waals surface area contributed by atoms with Crippen LogP contribution in [0.4, 0.5) is 5.13 Å². The summed E-state index contributed by atoms with van der Waals surface area (Å²) < 4.78 is 0. The maximum Gasteiger partial charge on any atom is 0.352 e. The molecule has 2 aliphatic rings. The number of thioether (sulfide) groups is 1. The fourth-order valence-corrected chi connectivity index (χ4v) is 7.28. The average Bonchev–Trinajstić information content (AvgIpc) is 3.23. The zero-order chi connectivity index (χ0) is 25.0. The van der Waals surface area contributed by atoms with E-state index in [4.69, 9.17) is 21.4 Å². The van der Waals surface area contributed by atoms with Crippen LogP contribution >= 0.6 is 44.7 Å². The number of hydrogen-bond acceptors (Lipinski definition) is 13. The van der Waals surface area contributed by atoms with Crippen LogP contribution < -0.4 is 16.8 Å². The number of thiazole rings is 1. The number of nitrogens with two attached hydrogens (primary N) is 2. The predicted octanol–water partition coefficient (Wildman–Crippen LogP) is -0.392. The summed E-state index contributed by atoms with van der Waals surface area (Å²) in [5.74, 6) is -2.91. The average molecular weight is 549 g/mol. The number of oxime groups is 1. The van der Waals surface area contributed by atoms with Gasteiger partial charge < -0.3 is 31.8 Å². The van der Waals surface area contributed by atoms with Gasteiger partial charge in [0.15, 0.2) is 10.8 Å². The summed E-state index contributed by atoms with van der Waals surface area (Å²) in [6, 6.07) is -1.98. The molecular formula is C17H20N6O7S4. The van der Waals surface area contributed by atoms with Gasteiger partial charge in [-0.15, -0.1) is 23.1 Å². The first-order valence-electron chi connectivity index (χ1n) is 9.41. The molecule has 1 fully saturated rings. The summed E-state index contributed by atoms with van der Waals surface area (Å²) in [5, 5.41) is 26.0. The first-order valence-corrected chi connectivity index (χ1v) is 13.8. The van der Waals surface area contributed by atoms with Gasteiger partial charge in [0, 0.05) is 22.6 Å². The van der Waals surface area contributed by atoms with Crippen molar-refractivity contribution in [2.24, 2.45) is 10.9 Å². The van der Waals surface area contributed by atoms with E-state index in [1.54, 1.807) is 0 Å². The van der Waals surface area contributed by atoms with Crippen molar-refractivity contribution in [2.75, 3.05) is 30.1 Å². The van der Waals surface area contributed by atoms with E-state index in [0.29, 0.717) is 11.3 Å². The molecule has 1 aromatic heterocycles. The molecule has 184 valence electrons. The lowest BCUT2D eigenvalue weighted by Gasteiger charge is -2.49. The van der Waals surface area contributed by atoms with Gasteiger partial charge in [-0.2, -0.15) is 0 Å². The van der Waals surface area contributed by atoms with Crippen LogP contribution in [0.2, 0.25) is 0 Å². The summed E-state index contributed by atoms with van der Waals surface area (Å²) in [7, 11) is 3.73. The molecule has 0 aromatic carbocycles. The number of carbonyl (C=O) groups is 4. The standard InChI is InChI=1S/C17H20N6O7S4/c1-30-22-9(8-5-32-17(19)20-8)12(24)21-10-13(25)23-11(16(28)29)6(2-31-14(10)23)3-33-34-4-7(18)15(26)27/h5,7,10,14H,2-4,18H2,1H3,(H2,19,20)(H,21,24)(H,26,27)(H,28,29)/b22-9+/t7-,10+,14+/m0/s1. The van der Waals surface area contributed by atoms with Gasteiger partial charge in [-0.25, -0.2) is 9.78 Å². The Bertz CT molecular complexity index is 1060. The van der Waals surface area contributed by atoms with Crippen molar-refractivity contribution in [1.29, 1.82) is 0 Å². The number of hydrogen-bond donors (Lipinski definition) is 5. The minimum atomic E-state index is -1.26. The lowest BCUT2D eigenvalue weighted by Crippen LogP contribution is -2.71. The van der Waals surface area contributed by atoms with Gasteiger partial charge in [-0.3, -0.25) is 19.3 Å². The third kappa shape index (κ3) is 5.60. The van der Waals surface area contributed by atoms with E-state index in [-0.39, 0.29) is 33.7 Å². The Hall–Kier alpha value is -2.47. The molecule has 0 bridgehead atoms. The topological polar surface area (TPSA) is 211 Å². The number of aliphatic carboxylic acids is 2. The van der Waals surface area contributed by atoms with Crippen LogP contribution in [0.5, 0.6) is 0 Å². The van der Waals surface area contributed by atoms with E-state index in [1.807, 2.05) is 0 Å². The van der Waals surface area contributed by atoms with Gasteiger partial charge in [0.05, 0.1) is 0 Å². The third-order valence-electron chi connectivity index (χ3n) is 4.58. The Morgan fingerprint density at radius 1 is 1.41 bits per heavy atom. The maximum absolute atomic E-state index is 12.8. The summed E-state index contributed by atoms with van der Waals surface area (Å²) in [4.78, 5) is 58.1. The van der Waals surface area contributed by atoms with Gasteiger partial charge in [0.2, 0.25) is 0 Å². The monoisotopic (exact) mass is 548 g/mol. The summed E-state index contributed by atoms with van der Waals surface area (Å²) >= 11 is 2.42. The first kappa shape index (κ1) is 26.1. The van der Waals surface area contributed by atoms with Crippen LogP contribution in [0, 0.1) is 0 Å². The second-order valence-electron chi connectivity index (χ2n) is 6.80. The van der Waals surface area contributed by atoms with Crippen LogP contribution in [0.25, 0.3) is 0 Å². The number of rotatable bonds is 11. The predicted molar refractivity (Wildman–Crippen MR) is 130 cm³/mol. The van der Waals surface area contributed by atoms with Gasteiger partial charge in [0.25, 0.3) is 11.8 Å². The van der Waals surface area contributed by atoms with Gasteiger partial charge in [-0.05, 0) is 5.57 Å². The van der Waals surface area contributed by atoms with Crippen LogP contribution in [0.3, 0.4) is 0 Å². The molecule has 7 N–H and O–H groups in total. The Balaban J connectivity index is 1.67. The highest BCUT2D eigenvalue weighted by atomic mass is 33.1. The number of carboxylic acid groups (broad SMARTS) is 2. The molecule has 13 nitrogen and oxygen atoms in total. The van der Waals surface area contributed by atoms with Crippen molar-refractivity contribution in [3.63, 3.8) is 0 Å². The summed E-state index contributed by atoms with van der Waals surface area (Å²) in [6.45, 7) is 0. The van der Waals surface area contributed by atoms with E-state index in [0.717, 1.165) is 16.2 Å². The molecule has 1 aromatic rings. The lowest BCUT2D eigenvalue weighted by atomic mass is 10.0. The largest absolute Gasteiger partial charge is 0.480 e. The van der Waals surface area contributed by atoms with Crippen molar-refractivity contribution in [3.05, 3.63) is 22.3 Å². The number of aromatic nitrogens is 1. The van der Waals surface area contributed by atoms with Crippen molar-refractivity contribution < 1.29 is 34.2 Å². The van der Waals surface area contributed by atoms with E-state index < -0.39 is 41.2 Å². The van der Waals surface area contributed by atoms with E-state index in [9.17, 15) is 24.3 Å². The normalized spacial score (nSPS) is 20.9. The number of β-lactam (4-membered cyclic amide) rings is 1. The van der Waals surface area contributed by atoms with Gasteiger partial charge >= 0.3 is 11.9 Å². The SMILES string of the molecule is CO/N=C(/C(=O)N[C@@H]1C(=O)N2C(C(=O)O)=C(CSSC[C@H](N)C(=O)O)CS[C@H]12)c1csc(N)n1. The molecule has 2 aliphatic heterocycles. The minimum absolute atomic E-state index is 0.132. The Kier molecular flexibility index (Phi) is 8.69. The number of fused-ring (bicyclic) bond motifs is 1. The van der Waals surface area contributed by atoms with Crippen molar-refractivity contribution >= 4 is 79.3 Å². The smallest absolute Gasteiger partial charge is 0.352 e. The highest BCUT2D eigenvalue weighted by Crippen LogP contribution is 2.42. The fraction of sp³-hybridized carbons (Fsp3) is 0.412. The molecule has 3 atom stereocenters. The van der Waals surface area contributed by atoms with E-state index in [2.05, 4.69) is 15.5 Å². The molecule has 0 saturated carbocycles. The number of carboxylic acids is 2. The number of nitrogens with one attached hydrogen (secondary N) is 1. The molecule has 3 rings (SSSR count). The summed E-state index contributed by atoms with van der Waals surface area (Å²) in [6.07, 6.45) is 0. The highest BCUT2D eigenvalue weighted by molar-refractivity contribution is 8.76. The number of carbonyl (C=O) groups excluding carboxylic acids is 2. The van der Waals surface area contributed by atoms with Crippen molar-refractivity contribution in [2.45, 2.75) is 17.5 Å². The molecule has 0 aliphatic carbocycles. The zero-order valence-electron chi connectivity index (χ0n) is 17.5. The molecule has 34 heavy (non-hydrogen) atoms. The van der Waals surface area contributed by atoms with Crippen molar-refractivity contribution in [3.8, 4) is 0 Å². The van der Waals surface area contributed by atoms with Crippen LogP contribution in [-0.2, 0) is 24.0 Å². The molecule has 17 heteroatoms. The first-order chi connectivity index (χ1) is 16.1. The Morgan fingerprint density at radius 2 is 2.15 bits per heavy atom. The molecular weight excluding hydrogens is 528 g/mol. The molecule has 3 heterocycles. The summed E-state index contributed by atoms with van der Waals surface area (Å²) in [5.41, 5.74) is 11.5. The van der Waals surface area contributed by atoms with Crippen LogP contribution in [0.15, 0.2) is 21.8 Å². The molecule has 0 spiro atoms. The fourth-order valence-electron chi connectivity index (χ4n) is 3.00. The number of amides is 2. The molecule has 0 radical (unpaired) electrons. The molecule has 1 saturated heterocycles. The quantitative estimate of drug-likeness (QED) is 0.0785. The Labute approximate surface area is 209 Å².